The van der Waals surface area contributed by atoms with Gasteiger partial charge in [0, 0.05) is 18.4 Å². The second-order valence-corrected chi connectivity index (χ2v) is 3.73. The Bertz CT molecular complexity index is 157. The molecular formula is C8H15N2+. The van der Waals surface area contributed by atoms with E-state index >= 15 is 0 Å². The summed E-state index contributed by atoms with van der Waals surface area (Å²) in [6.07, 6.45) is 2.71. The van der Waals surface area contributed by atoms with Crippen LogP contribution in [0.2, 0.25) is 0 Å². The summed E-state index contributed by atoms with van der Waals surface area (Å²) >= 11 is 0. The van der Waals surface area contributed by atoms with Crippen molar-refractivity contribution in [1.82, 2.24) is 5.32 Å². The largest absolute Gasteiger partial charge is 0.316 e. The van der Waals surface area contributed by atoms with E-state index in [0.29, 0.717) is 5.41 Å². The molecule has 10 heavy (non-hydrogen) atoms. The Balaban J connectivity index is 2.09. The van der Waals surface area contributed by atoms with Crippen LogP contribution in [0, 0.1) is 5.41 Å². The van der Waals surface area contributed by atoms with E-state index in [2.05, 4.69) is 16.6 Å². The van der Waals surface area contributed by atoms with Crippen molar-refractivity contribution in [2.24, 2.45) is 5.41 Å². The molecule has 1 unspecified atom stereocenters. The van der Waals surface area contributed by atoms with Gasteiger partial charge in [0.05, 0.1) is 0 Å². The molecule has 0 bridgehead atoms. The summed E-state index contributed by atoms with van der Waals surface area (Å²) in [6, 6.07) is 0. The molecule has 56 valence electrons. The van der Waals surface area contributed by atoms with Crippen molar-refractivity contribution in [2.75, 3.05) is 26.2 Å². The van der Waals surface area contributed by atoms with E-state index < -0.39 is 0 Å². The number of hydrogen-bond donors (Lipinski definition) is 1. The highest BCUT2D eigenvalue weighted by atomic mass is 15.1. The van der Waals surface area contributed by atoms with E-state index in [1.54, 1.807) is 0 Å². The molecule has 1 spiro atoms. The summed E-state index contributed by atoms with van der Waals surface area (Å²) in [5.41, 5.74) is 0.613. The highest BCUT2D eigenvalue weighted by molar-refractivity contribution is 5.15. The highest BCUT2D eigenvalue weighted by Crippen LogP contribution is 2.33. The molecule has 2 heterocycles. The van der Waals surface area contributed by atoms with Gasteiger partial charge >= 0.3 is 0 Å². The lowest BCUT2D eigenvalue weighted by Gasteiger charge is -2.14. The predicted octanol–water partition coefficient (Wildman–Crippen LogP) is 0.0829. The first-order valence-corrected chi connectivity index (χ1v) is 4.07. The summed E-state index contributed by atoms with van der Waals surface area (Å²) in [5, 5.41) is 3.42. The van der Waals surface area contributed by atoms with Crippen molar-refractivity contribution >= 4 is 6.72 Å². The topological polar surface area (TPSA) is 15.0 Å². The van der Waals surface area contributed by atoms with Crippen LogP contribution < -0.4 is 5.32 Å². The quantitative estimate of drug-likeness (QED) is 0.470. The number of hydrogen-bond acceptors (Lipinski definition) is 1. The Morgan fingerprint density at radius 3 is 2.80 bits per heavy atom. The van der Waals surface area contributed by atoms with Crippen molar-refractivity contribution in [3.63, 3.8) is 0 Å². The lowest BCUT2D eigenvalue weighted by Crippen LogP contribution is -2.25. The van der Waals surface area contributed by atoms with E-state index in [1.165, 1.54) is 39.0 Å². The zero-order valence-electron chi connectivity index (χ0n) is 6.40. The van der Waals surface area contributed by atoms with Gasteiger partial charge in [-0.2, -0.15) is 0 Å². The summed E-state index contributed by atoms with van der Waals surface area (Å²) in [6.45, 7) is 8.80. The highest BCUT2D eigenvalue weighted by Gasteiger charge is 2.42. The average molecular weight is 139 g/mol. The molecule has 0 aliphatic carbocycles. The van der Waals surface area contributed by atoms with Crippen LogP contribution in [0.15, 0.2) is 0 Å². The van der Waals surface area contributed by atoms with Gasteiger partial charge in [-0.1, -0.05) is 0 Å². The molecule has 0 radical (unpaired) electrons. The smallest absolute Gasteiger partial charge is 0.149 e. The molecule has 2 nitrogen and oxygen atoms in total. The van der Waals surface area contributed by atoms with E-state index in [-0.39, 0.29) is 0 Å². The summed E-state index contributed by atoms with van der Waals surface area (Å²) in [4.78, 5) is 0. The molecule has 1 atom stereocenters. The van der Waals surface area contributed by atoms with Crippen LogP contribution in [0.25, 0.3) is 0 Å². The zero-order chi connectivity index (χ0) is 7.03. The van der Waals surface area contributed by atoms with E-state index in [1.807, 2.05) is 0 Å². The fourth-order valence-electron chi connectivity index (χ4n) is 2.17. The van der Waals surface area contributed by atoms with Gasteiger partial charge in [0.2, 0.25) is 0 Å². The average Bonchev–Trinajstić information content (AvgIpc) is 2.46. The molecule has 0 aromatic heterocycles. The molecule has 2 saturated heterocycles. The maximum Gasteiger partial charge on any atom is 0.149 e. The Labute approximate surface area is 61.9 Å². The summed E-state index contributed by atoms with van der Waals surface area (Å²) in [7, 11) is 0. The van der Waals surface area contributed by atoms with Gasteiger partial charge in [0.25, 0.3) is 0 Å². The molecule has 0 aromatic carbocycles. The minimum Gasteiger partial charge on any atom is -0.316 e. The Morgan fingerprint density at radius 2 is 2.30 bits per heavy atom. The van der Waals surface area contributed by atoms with E-state index in [0.717, 1.165) is 0 Å². The summed E-state index contributed by atoms with van der Waals surface area (Å²) in [5.74, 6) is 0. The third kappa shape index (κ3) is 0.870. The molecule has 2 fully saturated rings. The monoisotopic (exact) mass is 139 g/mol. The van der Waals surface area contributed by atoms with Crippen molar-refractivity contribution in [3.8, 4) is 0 Å². The molecule has 2 aliphatic rings. The fourth-order valence-corrected chi connectivity index (χ4v) is 2.17. The Hall–Kier alpha value is -0.370. The van der Waals surface area contributed by atoms with Gasteiger partial charge in [-0.05, 0) is 13.0 Å². The van der Waals surface area contributed by atoms with Gasteiger partial charge in [-0.15, -0.1) is 0 Å². The first kappa shape index (κ1) is 6.35. The van der Waals surface area contributed by atoms with Crippen LogP contribution in [-0.4, -0.2) is 37.5 Å². The van der Waals surface area contributed by atoms with Gasteiger partial charge in [0.1, 0.15) is 19.8 Å². The molecule has 2 aliphatic heterocycles. The molecule has 2 heteroatoms. The van der Waals surface area contributed by atoms with Crippen LogP contribution in [0.5, 0.6) is 0 Å². The van der Waals surface area contributed by atoms with Crippen LogP contribution in [0.3, 0.4) is 0 Å². The van der Waals surface area contributed by atoms with Crippen molar-refractivity contribution in [1.29, 1.82) is 0 Å². The third-order valence-corrected chi connectivity index (χ3v) is 2.85. The zero-order valence-corrected chi connectivity index (χ0v) is 6.40. The van der Waals surface area contributed by atoms with Crippen molar-refractivity contribution < 1.29 is 4.58 Å². The van der Waals surface area contributed by atoms with E-state index in [9.17, 15) is 0 Å². The Kier molecular flexibility index (Phi) is 1.31. The summed E-state index contributed by atoms with van der Waals surface area (Å²) < 4.78 is 2.20. The second-order valence-electron chi connectivity index (χ2n) is 3.73. The van der Waals surface area contributed by atoms with Crippen molar-refractivity contribution in [3.05, 3.63) is 0 Å². The first-order valence-electron chi connectivity index (χ1n) is 4.07. The second kappa shape index (κ2) is 2.06. The lowest BCUT2D eigenvalue weighted by molar-refractivity contribution is -0.503. The van der Waals surface area contributed by atoms with Gasteiger partial charge in [0.15, 0.2) is 0 Å². The normalized spacial score (nSPS) is 39.8. The van der Waals surface area contributed by atoms with Crippen LogP contribution in [0.4, 0.5) is 0 Å². The van der Waals surface area contributed by atoms with Crippen LogP contribution in [-0.2, 0) is 0 Å². The maximum absolute atomic E-state index is 3.96. The first-order chi connectivity index (χ1) is 4.81. The molecule has 1 N–H and O–H groups in total. The molecule has 2 rings (SSSR count). The number of nitrogens with zero attached hydrogens (tertiary/aromatic N) is 1. The fraction of sp³-hybridized carbons (Fsp3) is 0.875. The Morgan fingerprint density at radius 1 is 1.40 bits per heavy atom. The molecule has 0 aromatic rings. The van der Waals surface area contributed by atoms with Crippen molar-refractivity contribution in [2.45, 2.75) is 12.8 Å². The number of rotatable bonds is 0. The predicted molar refractivity (Wildman–Crippen MR) is 41.7 cm³/mol. The van der Waals surface area contributed by atoms with Crippen LogP contribution in [0.1, 0.15) is 12.8 Å². The maximum atomic E-state index is 3.96. The molecule has 0 saturated carbocycles. The van der Waals surface area contributed by atoms with Gasteiger partial charge < -0.3 is 5.32 Å². The minimum absolute atomic E-state index is 0.613. The third-order valence-electron chi connectivity index (χ3n) is 2.85. The number of nitrogens with one attached hydrogen (secondary N) is 1. The molecular weight excluding hydrogens is 124 g/mol. The van der Waals surface area contributed by atoms with Crippen LogP contribution >= 0.6 is 0 Å². The lowest BCUT2D eigenvalue weighted by atomic mass is 9.87. The van der Waals surface area contributed by atoms with Gasteiger partial charge in [-0.25, -0.2) is 4.58 Å². The van der Waals surface area contributed by atoms with Gasteiger partial charge in [-0.3, -0.25) is 0 Å². The SMILES string of the molecule is C=[N+]1CCC2(CCNC2)C1. The minimum atomic E-state index is 0.613. The molecule has 0 amide bonds. The standard InChI is InChI=1S/C8H15N2/c1-10-5-3-8(7-10)2-4-9-6-8/h9H,1-7H2/q+1. The van der Waals surface area contributed by atoms with E-state index in [4.69, 9.17) is 0 Å².